The first-order valence-corrected chi connectivity index (χ1v) is 10.3. The van der Waals surface area contributed by atoms with Crippen LogP contribution in [0.5, 0.6) is 0 Å². The summed E-state index contributed by atoms with van der Waals surface area (Å²) < 4.78 is 12.9. The molecule has 1 amide bonds. The van der Waals surface area contributed by atoms with Gasteiger partial charge in [-0.05, 0) is 77.9 Å². The summed E-state index contributed by atoms with van der Waals surface area (Å²) >= 11 is 0. The van der Waals surface area contributed by atoms with Crippen LogP contribution in [-0.2, 0) is 11.2 Å². The lowest BCUT2D eigenvalue weighted by molar-refractivity contribution is -0.135. The van der Waals surface area contributed by atoms with Gasteiger partial charge in [-0.2, -0.15) is 0 Å². The quantitative estimate of drug-likeness (QED) is 0.617. The van der Waals surface area contributed by atoms with Gasteiger partial charge < -0.3 is 9.80 Å². The maximum Gasteiger partial charge on any atom is 0.222 e. The second-order valence-electron chi connectivity index (χ2n) is 8.22. The summed E-state index contributed by atoms with van der Waals surface area (Å²) in [5.41, 5.74) is 1.14. The summed E-state index contributed by atoms with van der Waals surface area (Å²) in [5, 5.41) is 0. The highest BCUT2D eigenvalue weighted by Crippen LogP contribution is 2.18. The zero-order chi connectivity index (χ0) is 19.8. The lowest BCUT2D eigenvalue weighted by Gasteiger charge is -2.44. The Morgan fingerprint density at radius 1 is 1.07 bits per heavy atom. The molecule has 1 aliphatic heterocycles. The number of unbranched alkanes of at least 4 members (excludes halogenated alkanes) is 1. The number of benzene rings is 1. The molecule has 0 radical (unpaired) electrons. The molecule has 0 aliphatic carbocycles. The van der Waals surface area contributed by atoms with E-state index in [1.54, 1.807) is 0 Å². The van der Waals surface area contributed by atoms with E-state index < -0.39 is 0 Å². The van der Waals surface area contributed by atoms with Crippen LogP contribution < -0.4 is 0 Å². The Morgan fingerprint density at radius 3 is 2.30 bits per heavy atom. The summed E-state index contributed by atoms with van der Waals surface area (Å²) in [5.74, 6) is 0.0822. The number of carbonyl (C=O) groups excluding carboxylic acids is 1. The molecule has 152 valence electrons. The van der Waals surface area contributed by atoms with Crippen molar-refractivity contribution in [1.29, 1.82) is 0 Å². The largest absolute Gasteiger partial charge is 0.340 e. The molecule has 0 aromatic heterocycles. The molecule has 27 heavy (non-hydrogen) atoms. The van der Waals surface area contributed by atoms with Gasteiger partial charge in [0, 0.05) is 38.1 Å². The van der Waals surface area contributed by atoms with Crippen molar-refractivity contribution in [3.63, 3.8) is 0 Å². The molecule has 1 heterocycles. The average molecular weight is 378 g/mol. The number of hydrogen-bond donors (Lipinski definition) is 0. The van der Waals surface area contributed by atoms with Gasteiger partial charge in [0.25, 0.3) is 0 Å². The number of hydrogen-bond acceptors (Lipinski definition) is 3. The van der Waals surface area contributed by atoms with Crippen molar-refractivity contribution in [2.75, 3.05) is 40.3 Å². The number of nitrogens with zero attached hydrogens (tertiary/aromatic N) is 3. The predicted molar refractivity (Wildman–Crippen MR) is 109 cm³/mol. The third kappa shape index (κ3) is 7.23. The van der Waals surface area contributed by atoms with Crippen LogP contribution in [0, 0.1) is 5.82 Å². The van der Waals surface area contributed by atoms with Gasteiger partial charge in [0.15, 0.2) is 0 Å². The van der Waals surface area contributed by atoms with Crippen LogP contribution in [0.1, 0.15) is 45.1 Å². The smallest absolute Gasteiger partial charge is 0.222 e. The molecule has 4 nitrogen and oxygen atoms in total. The number of halogens is 1. The van der Waals surface area contributed by atoms with E-state index in [-0.39, 0.29) is 11.7 Å². The Balaban J connectivity index is 1.70. The predicted octanol–water partition coefficient (Wildman–Crippen LogP) is 3.41. The molecule has 1 fully saturated rings. The number of aryl methyl sites for hydroxylation is 1. The average Bonchev–Trinajstić information content (AvgIpc) is 2.62. The van der Waals surface area contributed by atoms with Gasteiger partial charge in [0.2, 0.25) is 5.91 Å². The lowest BCUT2D eigenvalue weighted by atomic mass is 10.0. The van der Waals surface area contributed by atoms with Crippen molar-refractivity contribution < 1.29 is 9.18 Å². The van der Waals surface area contributed by atoms with Crippen LogP contribution in [0.3, 0.4) is 0 Å². The molecule has 0 N–H and O–H groups in total. The second-order valence-corrected chi connectivity index (χ2v) is 8.22. The van der Waals surface area contributed by atoms with E-state index in [1.807, 2.05) is 12.1 Å². The van der Waals surface area contributed by atoms with E-state index in [1.165, 1.54) is 18.6 Å². The van der Waals surface area contributed by atoms with E-state index in [2.05, 4.69) is 42.6 Å². The third-order valence-corrected chi connectivity index (χ3v) is 5.50. The molecule has 1 aromatic carbocycles. The van der Waals surface area contributed by atoms with Crippen molar-refractivity contribution in [3.05, 3.63) is 35.6 Å². The number of rotatable bonds is 9. The van der Waals surface area contributed by atoms with E-state index >= 15 is 0 Å². The van der Waals surface area contributed by atoms with Gasteiger partial charge in [-0.25, -0.2) is 4.39 Å². The van der Waals surface area contributed by atoms with Crippen LogP contribution in [0.15, 0.2) is 24.3 Å². The highest BCUT2D eigenvalue weighted by molar-refractivity contribution is 5.76. The maximum atomic E-state index is 12.9. The minimum absolute atomic E-state index is 0.196. The van der Waals surface area contributed by atoms with Crippen LogP contribution in [0.4, 0.5) is 4.39 Å². The number of amides is 1. The van der Waals surface area contributed by atoms with E-state index in [9.17, 15) is 9.18 Å². The Morgan fingerprint density at radius 2 is 1.70 bits per heavy atom. The molecule has 2 atom stereocenters. The van der Waals surface area contributed by atoms with E-state index in [0.717, 1.165) is 51.0 Å². The van der Waals surface area contributed by atoms with Crippen molar-refractivity contribution in [2.24, 2.45) is 0 Å². The van der Waals surface area contributed by atoms with E-state index in [0.29, 0.717) is 18.5 Å². The first kappa shape index (κ1) is 21.8. The minimum atomic E-state index is -0.196. The molecule has 0 spiro atoms. The number of carbonyl (C=O) groups is 1. The van der Waals surface area contributed by atoms with Crippen molar-refractivity contribution in [2.45, 2.75) is 58.0 Å². The SMILES string of the molecule is CC1CN(C(=O)CCCCc2ccc(F)cc2)CC(C)N1CCCN(C)C. The van der Waals surface area contributed by atoms with Gasteiger partial charge in [0.1, 0.15) is 5.82 Å². The Labute approximate surface area is 164 Å². The van der Waals surface area contributed by atoms with Crippen molar-refractivity contribution in [1.82, 2.24) is 14.7 Å². The first-order valence-electron chi connectivity index (χ1n) is 10.3. The molecule has 1 saturated heterocycles. The minimum Gasteiger partial charge on any atom is -0.340 e. The maximum absolute atomic E-state index is 12.9. The van der Waals surface area contributed by atoms with Crippen LogP contribution in [-0.4, -0.2) is 73.0 Å². The van der Waals surface area contributed by atoms with E-state index in [4.69, 9.17) is 0 Å². The molecule has 2 unspecified atom stereocenters. The Kier molecular flexibility index (Phi) is 8.71. The summed E-state index contributed by atoms with van der Waals surface area (Å²) in [4.78, 5) is 19.4. The van der Waals surface area contributed by atoms with Gasteiger partial charge in [-0.15, -0.1) is 0 Å². The highest BCUT2D eigenvalue weighted by atomic mass is 19.1. The lowest BCUT2D eigenvalue weighted by Crippen LogP contribution is -2.58. The molecule has 2 rings (SSSR count). The Bertz CT molecular complexity index is 563. The third-order valence-electron chi connectivity index (χ3n) is 5.50. The monoisotopic (exact) mass is 377 g/mol. The summed E-state index contributed by atoms with van der Waals surface area (Å²) in [7, 11) is 4.22. The van der Waals surface area contributed by atoms with Crippen LogP contribution in [0.2, 0.25) is 0 Å². The fraction of sp³-hybridized carbons (Fsp3) is 0.682. The molecular formula is C22H36FN3O. The van der Waals surface area contributed by atoms with Crippen molar-refractivity contribution >= 4 is 5.91 Å². The molecule has 1 aliphatic rings. The normalized spacial score (nSPS) is 21.0. The second kappa shape index (κ2) is 10.8. The zero-order valence-corrected chi connectivity index (χ0v) is 17.5. The summed E-state index contributed by atoms with van der Waals surface area (Å²) in [6.07, 6.45) is 4.54. The molecular weight excluding hydrogens is 341 g/mol. The summed E-state index contributed by atoms with van der Waals surface area (Å²) in [6, 6.07) is 7.49. The molecule has 0 saturated carbocycles. The van der Waals surface area contributed by atoms with Gasteiger partial charge in [-0.3, -0.25) is 9.69 Å². The molecule has 0 bridgehead atoms. The number of piperazine rings is 1. The fourth-order valence-corrected chi connectivity index (χ4v) is 3.99. The van der Waals surface area contributed by atoms with Gasteiger partial charge >= 0.3 is 0 Å². The van der Waals surface area contributed by atoms with Gasteiger partial charge in [-0.1, -0.05) is 12.1 Å². The zero-order valence-electron chi connectivity index (χ0n) is 17.5. The topological polar surface area (TPSA) is 26.8 Å². The standard InChI is InChI=1S/C22H36FN3O/c1-18-16-25(17-19(2)26(18)15-7-14-24(3)4)22(27)9-6-5-8-20-10-12-21(23)13-11-20/h10-13,18-19H,5-9,14-17H2,1-4H3. The first-order chi connectivity index (χ1) is 12.9. The molecule has 5 heteroatoms. The molecule has 1 aromatic rings. The van der Waals surface area contributed by atoms with Crippen LogP contribution >= 0.6 is 0 Å². The Hall–Kier alpha value is -1.46. The van der Waals surface area contributed by atoms with Gasteiger partial charge in [0.05, 0.1) is 0 Å². The fourth-order valence-electron chi connectivity index (χ4n) is 3.99. The summed E-state index contributed by atoms with van der Waals surface area (Å²) in [6.45, 7) is 8.35. The highest BCUT2D eigenvalue weighted by Gasteiger charge is 2.30. The van der Waals surface area contributed by atoms with Crippen molar-refractivity contribution in [3.8, 4) is 0 Å². The van der Waals surface area contributed by atoms with Crippen LogP contribution in [0.25, 0.3) is 0 Å².